The first-order chi connectivity index (χ1) is 8.47. The topological polar surface area (TPSA) is 91.0 Å². The van der Waals surface area contributed by atoms with E-state index in [1.165, 1.54) is 12.1 Å². The van der Waals surface area contributed by atoms with Crippen molar-refractivity contribution in [2.24, 2.45) is 5.73 Å². The van der Waals surface area contributed by atoms with Gasteiger partial charge in [-0.05, 0) is 36.1 Å². The Bertz CT molecular complexity index is 448. The van der Waals surface area contributed by atoms with Crippen LogP contribution < -0.4 is 16.4 Å². The summed E-state index contributed by atoms with van der Waals surface area (Å²) >= 11 is 0. The number of rotatable bonds is 3. The number of hydrogen-bond acceptors (Lipinski definition) is 2. The Morgan fingerprint density at radius 2 is 1.83 bits per heavy atom. The molecule has 5 N–H and O–H groups in total. The Kier molecular flexibility index (Phi) is 4.65. The van der Waals surface area contributed by atoms with Gasteiger partial charge in [-0.1, -0.05) is 13.8 Å². The lowest BCUT2D eigenvalue weighted by Crippen LogP contribution is -2.39. The van der Waals surface area contributed by atoms with Gasteiger partial charge >= 0.3 is 6.03 Å². The van der Waals surface area contributed by atoms with Crippen molar-refractivity contribution in [3.63, 3.8) is 0 Å². The molecule has 0 aliphatic heterocycles. The quantitative estimate of drug-likeness (QED) is 0.489. The molecule has 1 rings (SSSR count). The number of urea groups is 1. The van der Waals surface area contributed by atoms with Crippen LogP contribution in [-0.4, -0.2) is 12.0 Å². The van der Waals surface area contributed by atoms with Gasteiger partial charge in [-0.3, -0.25) is 10.7 Å². The number of nitrogens with one attached hydrogen (secondary N) is 3. The van der Waals surface area contributed by atoms with Crippen molar-refractivity contribution in [2.45, 2.75) is 26.7 Å². The zero-order valence-corrected chi connectivity index (χ0v) is 10.4. The molecule has 0 heterocycles. The summed E-state index contributed by atoms with van der Waals surface area (Å²) in [7, 11) is 0. The number of guanidine groups is 1. The van der Waals surface area contributed by atoms with E-state index >= 15 is 0 Å². The second-order valence-electron chi connectivity index (χ2n) is 3.80. The standard InChI is InChI=1S/C12H17FN4O/c1-3-7-5-9(13)6-8(4-2)10(7)16-12(18)17-11(14)15/h5-6H,3-4H2,1-2H3,(H5,14,15,16,17,18). The van der Waals surface area contributed by atoms with Gasteiger partial charge in [0.05, 0.1) is 0 Å². The van der Waals surface area contributed by atoms with E-state index in [2.05, 4.69) is 10.6 Å². The summed E-state index contributed by atoms with van der Waals surface area (Å²) in [5, 5.41) is 11.7. The molecular weight excluding hydrogens is 235 g/mol. The molecule has 0 spiro atoms. The second-order valence-corrected chi connectivity index (χ2v) is 3.80. The lowest BCUT2D eigenvalue weighted by Gasteiger charge is -2.15. The molecule has 0 aliphatic carbocycles. The van der Waals surface area contributed by atoms with Crippen LogP contribution in [0.5, 0.6) is 0 Å². The molecule has 0 unspecified atom stereocenters. The van der Waals surface area contributed by atoms with E-state index < -0.39 is 12.0 Å². The highest BCUT2D eigenvalue weighted by molar-refractivity contribution is 6.01. The molecule has 1 aromatic carbocycles. The van der Waals surface area contributed by atoms with Gasteiger partial charge in [-0.2, -0.15) is 0 Å². The summed E-state index contributed by atoms with van der Waals surface area (Å²) in [6, 6.07) is 2.18. The van der Waals surface area contributed by atoms with Crippen molar-refractivity contribution in [3.8, 4) is 0 Å². The van der Waals surface area contributed by atoms with Gasteiger partial charge in [0, 0.05) is 5.69 Å². The van der Waals surface area contributed by atoms with Crippen molar-refractivity contribution < 1.29 is 9.18 Å². The van der Waals surface area contributed by atoms with Crippen molar-refractivity contribution in [2.75, 3.05) is 5.32 Å². The third-order valence-corrected chi connectivity index (χ3v) is 2.51. The number of benzene rings is 1. The Hall–Kier alpha value is -2.11. The molecule has 5 nitrogen and oxygen atoms in total. The Morgan fingerprint density at radius 1 is 1.33 bits per heavy atom. The zero-order valence-electron chi connectivity index (χ0n) is 10.4. The molecule has 0 bridgehead atoms. The van der Waals surface area contributed by atoms with Gasteiger partial charge in [0.2, 0.25) is 0 Å². The summed E-state index contributed by atoms with van der Waals surface area (Å²) in [5.74, 6) is -0.757. The Morgan fingerprint density at radius 3 is 2.22 bits per heavy atom. The number of anilines is 1. The number of hydrogen-bond donors (Lipinski definition) is 4. The van der Waals surface area contributed by atoms with Gasteiger partial charge < -0.3 is 11.1 Å². The van der Waals surface area contributed by atoms with Crippen LogP contribution in [0.2, 0.25) is 0 Å². The van der Waals surface area contributed by atoms with E-state index in [1.54, 1.807) is 0 Å². The van der Waals surface area contributed by atoms with Crippen molar-refractivity contribution >= 4 is 17.7 Å². The van der Waals surface area contributed by atoms with E-state index in [0.717, 1.165) is 0 Å². The predicted octanol–water partition coefficient (Wildman–Crippen LogP) is 1.97. The molecular formula is C12H17FN4O. The van der Waals surface area contributed by atoms with Crippen LogP contribution in [0.25, 0.3) is 0 Å². The molecule has 0 atom stereocenters. The lowest BCUT2D eigenvalue weighted by atomic mass is 10.0. The van der Waals surface area contributed by atoms with Gasteiger partial charge in [-0.25, -0.2) is 9.18 Å². The molecule has 0 radical (unpaired) electrons. The number of carbonyl (C=O) groups excluding carboxylic acids is 1. The number of halogens is 1. The lowest BCUT2D eigenvalue weighted by molar-refractivity contribution is 0.256. The van der Waals surface area contributed by atoms with E-state index in [1.807, 2.05) is 13.8 Å². The van der Waals surface area contributed by atoms with Crippen LogP contribution in [0.15, 0.2) is 12.1 Å². The summed E-state index contributed by atoms with van der Waals surface area (Å²) in [6.45, 7) is 3.75. The zero-order chi connectivity index (χ0) is 13.7. The fraction of sp³-hybridized carbons (Fsp3) is 0.333. The van der Waals surface area contributed by atoms with Gasteiger partial charge in [0.1, 0.15) is 5.82 Å². The minimum atomic E-state index is -0.599. The number of carbonyl (C=O) groups is 1. The summed E-state index contributed by atoms with van der Waals surface area (Å²) < 4.78 is 13.3. The highest BCUT2D eigenvalue weighted by Crippen LogP contribution is 2.24. The highest BCUT2D eigenvalue weighted by atomic mass is 19.1. The molecule has 18 heavy (non-hydrogen) atoms. The van der Waals surface area contributed by atoms with Crippen LogP contribution in [-0.2, 0) is 12.8 Å². The van der Waals surface area contributed by atoms with Gasteiger partial charge in [-0.15, -0.1) is 0 Å². The summed E-state index contributed by atoms with van der Waals surface area (Å²) in [4.78, 5) is 11.5. The van der Waals surface area contributed by atoms with E-state index in [0.29, 0.717) is 29.7 Å². The SMILES string of the molecule is CCc1cc(F)cc(CC)c1NC(=O)NC(=N)N. The first-order valence-electron chi connectivity index (χ1n) is 5.71. The predicted molar refractivity (Wildman–Crippen MR) is 69.2 cm³/mol. The highest BCUT2D eigenvalue weighted by Gasteiger charge is 2.12. The van der Waals surface area contributed by atoms with Crippen molar-refractivity contribution in [1.82, 2.24) is 5.32 Å². The van der Waals surface area contributed by atoms with Crippen molar-refractivity contribution in [3.05, 3.63) is 29.1 Å². The smallest absolute Gasteiger partial charge is 0.325 e. The maximum absolute atomic E-state index is 13.3. The molecule has 0 saturated carbocycles. The third kappa shape index (κ3) is 3.44. The molecule has 0 saturated heterocycles. The van der Waals surface area contributed by atoms with Gasteiger partial charge in [0.15, 0.2) is 5.96 Å². The normalized spacial score (nSPS) is 9.94. The molecule has 0 fully saturated rings. The first-order valence-corrected chi connectivity index (χ1v) is 5.71. The van der Waals surface area contributed by atoms with Crippen LogP contribution in [0, 0.1) is 11.2 Å². The minimum absolute atomic E-state index is 0.318. The maximum atomic E-state index is 13.3. The molecule has 98 valence electrons. The fourth-order valence-corrected chi connectivity index (χ4v) is 1.71. The summed E-state index contributed by atoms with van der Waals surface area (Å²) in [6.07, 6.45) is 1.20. The first kappa shape index (κ1) is 14.0. The second kappa shape index (κ2) is 6.00. The molecule has 0 aromatic heterocycles. The molecule has 6 heteroatoms. The van der Waals surface area contributed by atoms with E-state index in [9.17, 15) is 9.18 Å². The average molecular weight is 252 g/mol. The number of amides is 2. The van der Waals surface area contributed by atoms with Crippen LogP contribution in [0.4, 0.5) is 14.9 Å². The van der Waals surface area contributed by atoms with Crippen LogP contribution >= 0.6 is 0 Å². The summed E-state index contributed by atoms with van der Waals surface area (Å²) in [5.41, 5.74) is 7.07. The molecule has 0 aliphatic rings. The monoisotopic (exact) mass is 252 g/mol. The maximum Gasteiger partial charge on any atom is 0.325 e. The average Bonchev–Trinajstić information content (AvgIpc) is 2.29. The Balaban J connectivity index is 3.05. The van der Waals surface area contributed by atoms with Crippen LogP contribution in [0.3, 0.4) is 0 Å². The number of aryl methyl sites for hydroxylation is 2. The van der Waals surface area contributed by atoms with Crippen molar-refractivity contribution in [1.29, 1.82) is 5.41 Å². The molecule has 2 amide bonds. The largest absolute Gasteiger partial charge is 0.370 e. The Labute approximate surface area is 105 Å². The fourth-order valence-electron chi connectivity index (χ4n) is 1.71. The molecule has 1 aromatic rings. The van der Waals surface area contributed by atoms with Gasteiger partial charge in [0.25, 0.3) is 0 Å². The van der Waals surface area contributed by atoms with Crippen LogP contribution in [0.1, 0.15) is 25.0 Å². The third-order valence-electron chi connectivity index (χ3n) is 2.51. The number of nitrogens with two attached hydrogens (primary N) is 1. The van der Waals surface area contributed by atoms with E-state index in [4.69, 9.17) is 11.1 Å². The minimum Gasteiger partial charge on any atom is -0.370 e. The van der Waals surface area contributed by atoms with E-state index in [-0.39, 0.29) is 5.82 Å².